The number of nitrogens with two attached hydrogens (primary N) is 1. The molecule has 0 spiro atoms. The second-order valence-electron chi connectivity index (χ2n) is 5.23. The first-order valence-corrected chi connectivity index (χ1v) is 7.08. The summed E-state index contributed by atoms with van der Waals surface area (Å²) in [6.07, 6.45) is 1.65. The van der Waals surface area contributed by atoms with Gasteiger partial charge in [-0.15, -0.1) is 5.10 Å². The van der Waals surface area contributed by atoms with Crippen molar-refractivity contribution in [3.63, 3.8) is 0 Å². The van der Waals surface area contributed by atoms with E-state index in [-0.39, 0.29) is 17.8 Å². The standard InChI is InChI=1S/C13H19N5O3/c1-8-10(21-7-6-20-8)12(19)18-4-2-9(3-5-18)11-15-13(14)17-16-11/h9H,2-7H2,1H3,(H3,14,15,16,17). The zero-order chi connectivity index (χ0) is 14.8. The third kappa shape index (κ3) is 2.79. The van der Waals surface area contributed by atoms with Crippen LogP contribution in [0.3, 0.4) is 0 Å². The summed E-state index contributed by atoms with van der Waals surface area (Å²) in [5.41, 5.74) is 5.52. The molecule has 2 aliphatic heterocycles. The highest BCUT2D eigenvalue weighted by atomic mass is 16.6. The Morgan fingerprint density at radius 2 is 2.05 bits per heavy atom. The van der Waals surface area contributed by atoms with Crippen LogP contribution in [0.15, 0.2) is 11.5 Å². The van der Waals surface area contributed by atoms with Crippen LogP contribution in [0.1, 0.15) is 31.5 Å². The second kappa shape index (κ2) is 5.63. The van der Waals surface area contributed by atoms with Crippen LogP contribution >= 0.6 is 0 Å². The van der Waals surface area contributed by atoms with E-state index in [9.17, 15) is 4.79 Å². The molecule has 3 rings (SSSR count). The molecule has 1 amide bonds. The number of aromatic nitrogens is 3. The van der Waals surface area contributed by atoms with Gasteiger partial charge < -0.3 is 20.1 Å². The molecule has 0 aromatic carbocycles. The van der Waals surface area contributed by atoms with Crippen molar-refractivity contribution in [1.29, 1.82) is 0 Å². The number of hydrogen-bond donors (Lipinski definition) is 2. The maximum absolute atomic E-state index is 12.4. The Morgan fingerprint density at radius 1 is 1.33 bits per heavy atom. The van der Waals surface area contributed by atoms with Crippen LogP contribution in [0, 0.1) is 0 Å². The quantitative estimate of drug-likeness (QED) is 0.816. The Kier molecular flexibility index (Phi) is 3.68. The van der Waals surface area contributed by atoms with Gasteiger partial charge in [0.1, 0.15) is 24.8 Å². The number of carbonyl (C=O) groups is 1. The molecule has 2 aliphatic rings. The SMILES string of the molecule is CC1=C(C(=O)N2CCC(c3nc(N)n[nH]3)CC2)OCCO1. The first-order valence-electron chi connectivity index (χ1n) is 7.08. The summed E-state index contributed by atoms with van der Waals surface area (Å²) in [6, 6.07) is 0. The Bertz CT molecular complexity index is 560. The molecule has 3 N–H and O–H groups in total. The molecule has 1 aromatic heterocycles. The summed E-state index contributed by atoms with van der Waals surface area (Å²) in [5, 5.41) is 6.69. The highest BCUT2D eigenvalue weighted by molar-refractivity contribution is 5.92. The molecule has 8 heteroatoms. The number of allylic oxidation sites excluding steroid dienone is 1. The highest BCUT2D eigenvalue weighted by Crippen LogP contribution is 2.27. The predicted molar refractivity (Wildman–Crippen MR) is 74.0 cm³/mol. The first-order chi connectivity index (χ1) is 10.1. The lowest BCUT2D eigenvalue weighted by Crippen LogP contribution is -2.40. The van der Waals surface area contributed by atoms with Crippen molar-refractivity contribution < 1.29 is 14.3 Å². The van der Waals surface area contributed by atoms with Crippen molar-refractivity contribution in [3.8, 4) is 0 Å². The average molecular weight is 293 g/mol. The van der Waals surface area contributed by atoms with Gasteiger partial charge >= 0.3 is 0 Å². The third-order valence-electron chi connectivity index (χ3n) is 3.85. The van der Waals surface area contributed by atoms with Gasteiger partial charge in [0.25, 0.3) is 5.91 Å². The Hall–Kier alpha value is -2.25. The minimum Gasteiger partial charge on any atom is -0.491 e. The fourth-order valence-electron chi connectivity index (χ4n) is 2.69. The number of nitrogens with zero attached hydrogens (tertiary/aromatic N) is 3. The maximum Gasteiger partial charge on any atom is 0.292 e. The van der Waals surface area contributed by atoms with E-state index in [0.717, 1.165) is 18.7 Å². The molecule has 3 heterocycles. The molecule has 1 saturated heterocycles. The van der Waals surface area contributed by atoms with Crippen molar-refractivity contribution >= 4 is 11.9 Å². The lowest BCUT2D eigenvalue weighted by molar-refractivity contribution is -0.133. The average Bonchev–Trinajstić information content (AvgIpc) is 2.94. The molecule has 0 radical (unpaired) electrons. The van der Waals surface area contributed by atoms with Crippen LogP contribution in [0.2, 0.25) is 0 Å². The number of hydrogen-bond acceptors (Lipinski definition) is 6. The van der Waals surface area contributed by atoms with Crippen molar-refractivity contribution in [1.82, 2.24) is 20.1 Å². The van der Waals surface area contributed by atoms with E-state index in [1.807, 2.05) is 0 Å². The number of H-pyrrole nitrogens is 1. The number of likely N-dealkylation sites (tertiary alicyclic amines) is 1. The van der Waals surface area contributed by atoms with Crippen LogP contribution in [-0.4, -0.2) is 52.3 Å². The molecule has 0 saturated carbocycles. The minimum absolute atomic E-state index is 0.0947. The van der Waals surface area contributed by atoms with Crippen LogP contribution in [0.4, 0.5) is 5.95 Å². The van der Waals surface area contributed by atoms with Gasteiger partial charge in [0.15, 0.2) is 0 Å². The fourth-order valence-corrected chi connectivity index (χ4v) is 2.69. The third-order valence-corrected chi connectivity index (χ3v) is 3.85. The normalized spacial score (nSPS) is 20.1. The van der Waals surface area contributed by atoms with Crippen LogP contribution in [0.5, 0.6) is 0 Å². The number of aromatic amines is 1. The molecule has 21 heavy (non-hydrogen) atoms. The first kappa shape index (κ1) is 13.7. The van der Waals surface area contributed by atoms with E-state index < -0.39 is 0 Å². The number of carbonyl (C=O) groups excluding carboxylic acids is 1. The topological polar surface area (TPSA) is 106 Å². The van der Waals surface area contributed by atoms with E-state index in [4.69, 9.17) is 15.2 Å². The summed E-state index contributed by atoms with van der Waals surface area (Å²) in [7, 11) is 0. The highest BCUT2D eigenvalue weighted by Gasteiger charge is 2.30. The minimum atomic E-state index is -0.0947. The zero-order valence-electron chi connectivity index (χ0n) is 12.0. The van der Waals surface area contributed by atoms with Crippen LogP contribution < -0.4 is 5.73 Å². The van der Waals surface area contributed by atoms with E-state index in [1.165, 1.54) is 0 Å². The molecule has 8 nitrogen and oxygen atoms in total. The van der Waals surface area contributed by atoms with Gasteiger partial charge in [-0.3, -0.25) is 9.89 Å². The molecule has 0 atom stereocenters. The predicted octanol–water partition coefficient (Wildman–Crippen LogP) is 0.371. The molecule has 1 aromatic rings. The number of rotatable bonds is 2. The van der Waals surface area contributed by atoms with E-state index in [2.05, 4.69) is 15.2 Å². The van der Waals surface area contributed by atoms with Crippen LogP contribution in [-0.2, 0) is 14.3 Å². The van der Waals surface area contributed by atoms with Gasteiger partial charge in [-0.25, -0.2) is 0 Å². The summed E-state index contributed by atoms with van der Waals surface area (Å²) in [4.78, 5) is 18.4. The van der Waals surface area contributed by atoms with Gasteiger partial charge in [-0.2, -0.15) is 4.98 Å². The molecule has 1 fully saturated rings. The zero-order valence-corrected chi connectivity index (χ0v) is 12.0. The maximum atomic E-state index is 12.4. The van der Waals surface area contributed by atoms with E-state index in [0.29, 0.717) is 37.8 Å². The lowest BCUT2D eigenvalue weighted by Gasteiger charge is -2.32. The van der Waals surface area contributed by atoms with Crippen molar-refractivity contribution in [2.75, 3.05) is 32.0 Å². The smallest absolute Gasteiger partial charge is 0.292 e. The van der Waals surface area contributed by atoms with Crippen molar-refractivity contribution in [2.45, 2.75) is 25.7 Å². The molecular weight excluding hydrogens is 274 g/mol. The van der Waals surface area contributed by atoms with Gasteiger partial charge in [0.05, 0.1) is 0 Å². The van der Waals surface area contributed by atoms with E-state index >= 15 is 0 Å². The fraction of sp³-hybridized carbons (Fsp3) is 0.615. The number of nitrogens with one attached hydrogen (secondary N) is 1. The van der Waals surface area contributed by atoms with Gasteiger partial charge in [-0.05, 0) is 19.8 Å². The van der Waals surface area contributed by atoms with E-state index in [1.54, 1.807) is 11.8 Å². The lowest BCUT2D eigenvalue weighted by atomic mass is 9.96. The van der Waals surface area contributed by atoms with Gasteiger partial charge in [-0.1, -0.05) is 0 Å². The number of ether oxygens (including phenoxy) is 2. The number of anilines is 1. The van der Waals surface area contributed by atoms with Gasteiger partial charge in [0, 0.05) is 19.0 Å². The number of nitrogen functional groups attached to an aromatic ring is 1. The summed E-state index contributed by atoms with van der Waals surface area (Å²) in [5.74, 6) is 2.13. The summed E-state index contributed by atoms with van der Waals surface area (Å²) in [6.45, 7) is 3.99. The summed E-state index contributed by atoms with van der Waals surface area (Å²) >= 11 is 0. The van der Waals surface area contributed by atoms with Crippen molar-refractivity contribution in [3.05, 3.63) is 17.3 Å². The molecule has 0 aliphatic carbocycles. The number of amides is 1. The molecule has 114 valence electrons. The Labute approximate surface area is 122 Å². The Morgan fingerprint density at radius 3 is 2.67 bits per heavy atom. The number of piperidine rings is 1. The molecule has 0 unspecified atom stereocenters. The second-order valence-corrected chi connectivity index (χ2v) is 5.23. The molecule has 0 bridgehead atoms. The summed E-state index contributed by atoms with van der Waals surface area (Å²) < 4.78 is 10.8. The Balaban J connectivity index is 1.62. The molecular formula is C13H19N5O3. The largest absolute Gasteiger partial charge is 0.491 e. The van der Waals surface area contributed by atoms with Gasteiger partial charge in [0.2, 0.25) is 11.7 Å². The van der Waals surface area contributed by atoms with Crippen molar-refractivity contribution in [2.24, 2.45) is 0 Å². The monoisotopic (exact) mass is 293 g/mol. The van der Waals surface area contributed by atoms with Crippen LogP contribution in [0.25, 0.3) is 0 Å².